The van der Waals surface area contributed by atoms with Gasteiger partial charge in [-0.3, -0.25) is 0 Å². The van der Waals surface area contributed by atoms with E-state index in [9.17, 15) is 0 Å². The van der Waals surface area contributed by atoms with Gasteiger partial charge < -0.3 is 0 Å². The van der Waals surface area contributed by atoms with Crippen molar-refractivity contribution in [2.45, 2.75) is 6.92 Å². The summed E-state index contributed by atoms with van der Waals surface area (Å²) >= 11 is 0. The first-order valence-corrected chi connectivity index (χ1v) is 18.3. The molecule has 10 aromatic carbocycles. The predicted octanol–water partition coefficient (Wildman–Crippen LogP) is 15.3. The molecule has 0 saturated carbocycles. The van der Waals surface area contributed by atoms with Gasteiger partial charge in [0.05, 0.1) is 0 Å². The van der Waals surface area contributed by atoms with E-state index < -0.39 is 0 Å². The highest BCUT2D eigenvalue weighted by molar-refractivity contribution is 6.28. The Hall–Kier alpha value is -6.76. The van der Waals surface area contributed by atoms with Crippen molar-refractivity contribution >= 4 is 53.9 Å². The first-order valence-electron chi connectivity index (χ1n) is 18.3. The minimum Gasteiger partial charge on any atom is -0.0991 e. The fraction of sp³-hybridized carbons (Fsp3) is 0.0189. The maximum absolute atomic E-state index is 3.46. The van der Waals surface area contributed by atoms with Crippen LogP contribution < -0.4 is 0 Å². The lowest BCUT2D eigenvalue weighted by molar-refractivity contribution is 1.58. The van der Waals surface area contributed by atoms with E-state index in [1.807, 2.05) is 19.1 Å². The van der Waals surface area contributed by atoms with Crippen LogP contribution in [0.4, 0.5) is 0 Å². The minimum absolute atomic E-state index is 1.22. The van der Waals surface area contributed by atoms with E-state index in [4.69, 9.17) is 0 Å². The molecule has 0 radical (unpaired) electrons. The highest BCUT2D eigenvalue weighted by Crippen LogP contribution is 2.45. The van der Waals surface area contributed by atoms with Crippen molar-refractivity contribution in [3.63, 3.8) is 0 Å². The molecule has 53 heavy (non-hydrogen) atoms. The van der Waals surface area contributed by atoms with Crippen LogP contribution in [0.25, 0.3) is 98.4 Å². The molecule has 0 aliphatic heterocycles. The Morgan fingerprint density at radius 3 is 1.51 bits per heavy atom. The second kappa shape index (κ2) is 13.8. The summed E-state index contributed by atoms with van der Waals surface area (Å²) in [6.45, 7) is 5.42. The number of fused-ring (bicyclic) bond motifs is 3. The van der Waals surface area contributed by atoms with E-state index in [0.717, 1.165) is 0 Å². The standard InChI is InChI=1S/C48H30.C5H8/c1-2-10-31(11-3-1)34-13-8-14-35(28-34)36-15-9-16-37(29-36)40-24-20-32-23-27-45-43(25-21-33-22-26-44(40)47(32)48(33)45)46-30-38-12-4-5-17-39(38)41-18-6-7-19-42(41)46;1-3-5-4-2/h1-30H;3-5H,1H2,2H3/b;5-4-. The van der Waals surface area contributed by atoms with Gasteiger partial charge >= 0.3 is 0 Å². The van der Waals surface area contributed by atoms with Crippen LogP contribution in [0, 0.1) is 0 Å². The van der Waals surface area contributed by atoms with Crippen LogP contribution in [0.2, 0.25) is 0 Å². The molecule has 250 valence electrons. The van der Waals surface area contributed by atoms with Crippen LogP contribution >= 0.6 is 0 Å². The van der Waals surface area contributed by atoms with Gasteiger partial charge in [0.25, 0.3) is 0 Å². The lowest BCUT2D eigenvalue weighted by Gasteiger charge is -2.18. The maximum Gasteiger partial charge on any atom is -0.00203 e. The molecule has 0 aliphatic carbocycles. The van der Waals surface area contributed by atoms with Crippen molar-refractivity contribution in [3.8, 4) is 44.5 Å². The van der Waals surface area contributed by atoms with Crippen molar-refractivity contribution in [1.82, 2.24) is 0 Å². The Morgan fingerprint density at radius 1 is 0.340 bits per heavy atom. The van der Waals surface area contributed by atoms with Crippen LogP contribution in [0.1, 0.15) is 6.92 Å². The third-order valence-corrected chi connectivity index (χ3v) is 10.5. The Kier molecular flexibility index (Phi) is 8.35. The van der Waals surface area contributed by atoms with Crippen LogP contribution in [0.5, 0.6) is 0 Å². The fourth-order valence-corrected chi connectivity index (χ4v) is 8.08. The summed E-state index contributed by atoms with van der Waals surface area (Å²) in [6.07, 6.45) is 5.58. The summed E-state index contributed by atoms with van der Waals surface area (Å²) in [6, 6.07) is 67.0. The molecule has 0 unspecified atom stereocenters. The highest BCUT2D eigenvalue weighted by atomic mass is 14.2. The topological polar surface area (TPSA) is 0 Å². The molecule has 10 aromatic rings. The Labute approximate surface area is 310 Å². The van der Waals surface area contributed by atoms with E-state index in [2.05, 4.69) is 189 Å². The maximum atomic E-state index is 3.46. The van der Waals surface area contributed by atoms with E-state index in [1.165, 1.54) is 98.4 Å². The summed E-state index contributed by atoms with van der Waals surface area (Å²) in [5, 5.41) is 13.0. The molecule has 0 nitrogen and oxygen atoms in total. The van der Waals surface area contributed by atoms with Gasteiger partial charge in [0, 0.05) is 0 Å². The largest absolute Gasteiger partial charge is 0.0991 e. The van der Waals surface area contributed by atoms with Crippen LogP contribution in [-0.4, -0.2) is 0 Å². The Morgan fingerprint density at radius 2 is 0.849 bits per heavy atom. The average Bonchev–Trinajstić information content (AvgIpc) is 3.23. The van der Waals surface area contributed by atoms with E-state index in [-0.39, 0.29) is 0 Å². The van der Waals surface area contributed by atoms with Gasteiger partial charge in [-0.25, -0.2) is 0 Å². The summed E-state index contributed by atoms with van der Waals surface area (Å²) in [5.74, 6) is 0. The van der Waals surface area contributed by atoms with Crippen molar-refractivity contribution in [1.29, 1.82) is 0 Å². The normalized spacial score (nSPS) is 11.5. The van der Waals surface area contributed by atoms with Crippen molar-refractivity contribution in [3.05, 3.63) is 207 Å². The van der Waals surface area contributed by atoms with Gasteiger partial charge in [0.1, 0.15) is 0 Å². The van der Waals surface area contributed by atoms with Gasteiger partial charge in [-0.05, 0) is 123 Å². The van der Waals surface area contributed by atoms with Gasteiger partial charge in [0.15, 0.2) is 0 Å². The second-order valence-electron chi connectivity index (χ2n) is 13.6. The summed E-state index contributed by atoms with van der Waals surface area (Å²) in [5.41, 5.74) is 9.98. The molecular formula is C53H38. The SMILES string of the molecule is C=C/C=C\C.c1ccc(-c2cccc(-c3cccc(-c4ccc5ccc6c(-c7cc8ccccc8c8ccccc78)ccc7ccc4c5c76)c3)c2)cc1. The number of allylic oxidation sites excluding steroid dienone is 3. The van der Waals surface area contributed by atoms with Crippen LogP contribution in [-0.2, 0) is 0 Å². The fourth-order valence-electron chi connectivity index (χ4n) is 8.08. The molecule has 0 fully saturated rings. The minimum atomic E-state index is 1.22. The van der Waals surface area contributed by atoms with E-state index >= 15 is 0 Å². The number of hydrogen-bond donors (Lipinski definition) is 0. The zero-order valence-corrected chi connectivity index (χ0v) is 29.8. The summed E-state index contributed by atoms with van der Waals surface area (Å²) < 4.78 is 0. The van der Waals surface area contributed by atoms with E-state index in [1.54, 1.807) is 6.08 Å². The molecule has 0 amide bonds. The van der Waals surface area contributed by atoms with Crippen molar-refractivity contribution < 1.29 is 0 Å². The van der Waals surface area contributed by atoms with Gasteiger partial charge in [-0.1, -0.05) is 189 Å². The van der Waals surface area contributed by atoms with Crippen molar-refractivity contribution in [2.24, 2.45) is 0 Å². The third kappa shape index (κ3) is 5.75. The molecule has 0 spiro atoms. The lowest BCUT2D eigenvalue weighted by atomic mass is 9.85. The molecule has 0 aliphatic rings. The van der Waals surface area contributed by atoms with Gasteiger partial charge in [0.2, 0.25) is 0 Å². The highest BCUT2D eigenvalue weighted by Gasteiger charge is 2.17. The molecule has 0 heterocycles. The second-order valence-corrected chi connectivity index (χ2v) is 13.6. The number of rotatable bonds is 5. The molecular weight excluding hydrogens is 637 g/mol. The smallest absolute Gasteiger partial charge is 0.00203 e. The number of benzene rings is 10. The number of hydrogen-bond acceptors (Lipinski definition) is 0. The molecule has 0 aromatic heterocycles. The molecule has 10 rings (SSSR count). The van der Waals surface area contributed by atoms with E-state index in [0.29, 0.717) is 0 Å². The first kappa shape index (κ1) is 32.2. The molecule has 0 heteroatoms. The quantitative estimate of drug-likeness (QED) is 0.126. The Bertz CT molecular complexity index is 2960. The zero-order chi connectivity index (χ0) is 35.7. The third-order valence-electron chi connectivity index (χ3n) is 10.5. The lowest BCUT2D eigenvalue weighted by Crippen LogP contribution is -1.91. The molecule has 0 N–H and O–H groups in total. The predicted molar refractivity (Wildman–Crippen MR) is 232 cm³/mol. The van der Waals surface area contributed by atoms with Crippen LogP contribution in [0.15, 0.2) is 207 Å². The zero-order valence-electron chi connectivity index (χ0n) is 29.8. The Balaban J connectivity index is 0.000000700. The monoisotopic (exact) mass is 674 g/mol. The average molecular weight is 675 g/mol. The van der Waals surface area contributed by atoms with Crippen molar-refractivity contribution in [2.75, 3.05) is 0 Å². The van der Waals surface area contributed by atoms with Gasteiger partial charge in [-0.15, -0.1) is 0 Å². The molecule has 0 saturated heterocycles. The van der Waals surface area contributed by atoms with Gasteiger partial charge in [-0.2, -0.15) is 0 Å². The molecule has 0 bridgehead atoms. The summed E-state index contributed by atoms with van der Waals surface area (Å²) in [4.78, 5) is 0. The van der Waals surface area contributed by atoms with Crippen LogP contribution in [0.3, 0.4) is 0 Å². The summed E-state index contributed by atoms with van der Waals surface area (Å²) in [7, 11) is 0. The molecule has 0 atom stereocenters. The first-order chi connectivity index (χ1) is 26.2.